The number of Topliss-reactive ketones (excluding diaryl/α,β-unsaturated/α-hetero) is 2. The summed E-state index contributed by atoms with van der Waals surface area (Å²) in [5, 5.41) is 0. The summed E-state index contributed by atoms with van der Waals surface area (Å²) < 4.78 is 0. The Bertz CT molecular complexity index is 317. The van der Waals surface area contributed by atoms with Crippen LogP contribution in [0, 0.1) is 10.8 Å². The van der Waals surface area contributed by atoms with Gasteiger partial charge in [-0.05, 0) is 25.7 Å². The highest BCUT2D eigenvalue weighted by Crippen LogP contribution is 2.58. The van der Waals surface area contributed by atoms with Gasteiger partial charge in [0, 0.05) is 11.8 Å². The molecule has 3 aliphatic carbocycles. The highest BCUT2D eigenvalue weighted by molar-refractivity contribution is 6.16. The van der Waals surface area contributed by atoms with Crippen LogP contribution < -0.4 is 0 Å². The summed E-state index contributed by atoms with van der Waals surface area (Å²) >= 11 is 0. The van der Waals surface area contributed by atoms with Crippen LogP contribution in [0.25, 0.3) is 0 Å². The van der Waals surface area contributed by atoms with Gasteiger partial charge in [0.15, 0.2) is 5.78 Å². The van der Waals surface area contributed by atoms with Gasteiger partial charge in [0.25, 0.3) is 0 Å². The first kappa shape index (κ1) is 9.56. The SMILES string of the molecule is O=C1CC2(CCCC2)C(=O)C12CCCC2. The maximum absolute atomic E-state index is 12.5. The van der Waals surface area contributed by atoms with E-state index in [9.17, 15) is 9.59 Å². The molecule has 2 nitrogen and oxygen atoms in total. The van der Waals surface area contributed by atoms with Crippen LogP contribution in [0.2, 0.25) is 0 Å². The largest absolute Gasteiger partial charge is 0.299 e. The zero-order valence-corrected chi connectivity index (χ0v) is 9.18. The van der Waals surface area contributed by atoms with E-state index >= 15 is 0 Å². The predicted octanol–water partition coefficient (Wildman–Crippen LogP) is 2.65. The Morgan fingerprint density at radius 3 is 1.93 bits per heavy atom. The van der Waals surface area contributed by atoms with Gasteiger partial charge in [0.05, 0.1) is 5.41 Å². The van der Waals surface area contributed by atoms with Crippen molar-refractivity contribution >= 4 is 11.6 Å². The monoisotopic (exact) mass is 206 g/mol. The van der Waals surface area contributed by atoms with Crippen molar-refractivity contribution in [2.75, 3.05) is 0 Å². The minimum atomic E-state index is -0.496. The molecule has 2 heteroatoms. The van der Waals surface area contributed by atoms with Gasteiger partial charge in [-0.3, -0.25) is 9.59 Å². The summed E-state index contributed by atoms with van der Waals surface area (Å²) in [6.07, 6.45) is 8.70. The molecule has 0 unspecified atom stereocenters. The maximum atomic E-state index is 12.5. The lowest BCUT2D eigenvalue weighted by Gasteiger charge is -2.24. The predicted molar refractivity (Wildman–Crippen MR) is 56.4 cm³/mol. The normalized spacial score (nSPS) is 32.3. The van der Waals surface area contributed by atoms with Crippen LogP contribution in [0.15, 0.2) is 0 Å². The van der Waals surface area contributed by atoms with Gasteiger partial charge in [0.1, 0.15) is 5.78 Å². The minimum Gasteiger partial charge on any atom is -0.299 e. The fourth-order valence-corrected chi connectivity index (χ4v) is 4.13. The molecule has 0 N–H and O–H groups in total. The van der Waals surface area contributed by atoms with Crippen LogP contribution in [0.3, 0.4) is 0 Å². The van der Waals surface area contributed by atoms with Gasteiger partial charge in [-0.25, -0.2) is 0 Å². The highest BCUT2D eigenvalue weighted by Gasteiger charge is 2.62. The van der Waals surface area contributed by atoms with Gasteiger partial charge < -0.3 is 0 Å². The molecule has 2 spiro atoms. The maximum Gasteiger partial charge on any atom is 0.152 e. The van der Waals surface area contributed by atoms with E-state index in [1.54, 1.807) is 0 Å². The number of hydrogen-bond acceptors (Lipinski definition) is 2. The number of rotatable bonds is 0. The third kappa shape index (κ3) is 1.05. The van der Waals surface area contributed by atoms with Crippen LogP contribution in [-0.2, 0) is 9.59 Å². The molecule has 0 aromatic carbocycles. The van der Waals surface area contributed by atoms with Crippen LogP contribution in [0.1, 0.15) is 57.8 Å². The molecule has 3 aliphatic rings. The van der Waals surface area contributed by atoms with Crippen LogP contribution in [0.5, 0.6) is 0 Å². The molecule has 3 rings (SSSR count). The zero-order valence-electron chi connectivity index (χ0n) is 9.18. The molecule has 0 bridgehead atoms. The molecular weight excluding hydrogens is 188 g/mol. The molecule has 0 aliphatic heterocycles. The molecule has 0 aromatic heterocycles. The molecule has 0 radical (unpaired) electrons. The van der Waals surface area contributed by atoms with E-state index in [4.69, 9.17) is 0 Å². The van der Waals surface area contributed by atoms with E-state index < -0.39 is 5.41 Å². The Morgan fingerprint density at radius 2 is 1.33 bits per heavy atom. The summed E-state index contributed by atoms with van der Waals surface area (Å²) in [6.45, 7) is 0. The van der Waals surface area contributed by atoms with E-state index in [1.807, 2.05) is 0 Å². The average Bonchev–Trinajstić information content (AvgIpc) is 2.88. The number of carbonyl (C=O) groups excluding carboxylic acids is 2. The van der Waals surface area contributed by atoms with E-state index in [-0.39, 0.29) is 11.2 Å². The van der Waals surface area contributed by atoms with Crippen molar-refractivity contribution in [3.05, 3.63) is 0 Å². The first-order chi connectivity index (χ1) is 7.20. The smallest absolute Gasteiger partial charge is 0.152 e. The lowest BCUT2D eigenvalue weighted by atomic mass is 9.76. The molecule has 3 saturated carbocycles. The molecule has 82 valence electrons. The fraction of sp³-hybridized carbons (Fsp3) is 0.846. The van der Waals surface area contributed by atoms with Crippen molar-refractivity contribution in [2.45, 2.75) is 57.8 Å². The minimum absolute atomic E-state index is 0.193. The average molecular weight is 206 g/mol. The van der Waals surface area contributed by atoms with Crippen LogP contribution in [-0.4, -0.2) is 11.6 Å². The van der Waals surface area contributed by atoms with Gasteiger partial charge in [0.2, 0.25) is 0 Å². The Labute approximate surface area is 90.4 Å². The van der Waals surface area contributed by atoms with E-state index in [0.717, 1.165) is 51.4 Å². The van der Waals surface area contributed by atoms with Crippen LogP contribution in [0.4, 0.5) is 0 Å². The second-order valence-corrected chi connectivity index (χ2v) is 5.71. The summed E-state index contributed by atoms with van der Waals surface area (Å²) in [7, 11) is 0. The first-order valence-corrected chi connectivity index (χ1v) is 6.28. The lowest BCUT2D eigenvalue weighted by Crippen LogP contribution is -2.34. The van der Waals surface area contributed by atoms with E-state index in [0.29, 0.717) is 12.2 Å². The summed E-state index contributed by atoms with van der Waals surface area (Å²) in [4.78, 5) is 24.7. The molecule has 0 saturated heterocycles. The second kappa shape index (κ2) is 2.93. The topological polar surface area (TPSA) is 34.1 Å². The zero-order chi connectivity index (χ0) is 10.5. The third-order valence-corrected chi connectivity index (χ3v) is 4.97. The third-order valence-electron chi connectivity index (χ3n) is 4.97. The van der Waals surface area contributed by atoms with Crippen molar-refractivity contribution in [3.8, 4) is 0 Å². The molecule has 0 aromatic rings. The Balaban J connectivity index is 1.99. The fourth-order valence-electron chi connectivity index (χ4n) is 4.13. The molecule has 0 atom stereocenters. The summed E-state index contributed by atoms with van der Waals surface area (Å²) in [5.74, 6) is 0.627. The lowest BCUT2D eigenvalue weighted by molar-refractivity contribution is -0.137. The first-order valence-electron chi connectivity index (χ1n) is 6.28. The quantitative estimate of drug-likeness (QED) is 0.571. The molecule has 15 heavy (non-hydrogen) atoms. The van der Waals surface area contributed by atoms with Crippen molar-refractivity contribution in [1.29, 1.82) is 0 Å². The Hall–Kier alpha value is -0.660. The van der Waals surface area contributed by atoms with Gasteiger partial charge in [-0.1, -0.05) is 25.7 Å². The van der Waals surface area contributed by atoms with Gasteiger partial charge in [-0.2, -0.15) is 0 Å². The molecule has 3 fully saturated rings. The van der Waals surface area contributed by atoms with Crippen molar-refractivity contribution in [2.24, 2.45) is 10.8 Å². The highest BCUT2D eigenvalue weighted by atomic mass is 16.2. The van der Waals surface area contributed by atoms with Crippen molar-refractivity contribution in [3.63, 3.8) is 0 Å². The standard InChI is InChI=1S/C13H18O2/c14-10-9-12(5-1-2-6-12)11(15)13(10)7-3-4-8-13/h1-9H2. The molecule has 0 heterocycles. The number of ketones is 2. The Morgan fingerprint density at radius 1 is 0.800 bits per heavy atom. The van der Waals surface area contributed by atoms with Gasteiger partial charge >= 0.3 is 0 Å². The van der Waals surface area contributed by atoms with E-state index in [2.05, 4.69) is 0 Å². The Kier molecular flexibility index (Phi) is 1.87. The molecular formula is C13H18O2. The van der Waals surface area contributed by atoms with Crippen molar-refractivity contribution < 1.29 is 9.59 Å². The van der Waals surface area contributed by atoms with Crippen molar-refractivity contribution in [1.82, 2.24) is 0 Å². The van der Waals surface area contributed by atoms with E-state index in [1.165, 1.54) is 0 Å². The summed E-state index contributed by atoms with van der Waals surface area (Å²) in [5.41, 5.74) is -0.689. The van der Waals surface area contributed by atoms with Crippen LogP contribution >= 0.6 is 0 Å². The number of carbonyl (C=O) groups is 2. The van der Waals surface area contributed by atoms with Gasteiger partial charge in [-0.15, -0.1) is 0 Å². The summed E-state index contributed by atoms with van der Waals surface area (Å²) in [6, 6.07) is 0. The molecule has 0 amide bonds. The number of hydrogen-bond donors (Lipinski definition) is 0. The second-order valence-electron chi connectivity index (χ2n) is 5.71.